The summed E-state index contributed by atoms with van der Waals surface area (Å²) < 4.78 is 0. The summed E-state index contributed by atoms with van der Waals surface area (Å²) in [5.41, 5.74) is 1.80. The minimum Gasteiger partial charge on any atom is -0.352 e. The number of piperazine rings is 1. The van der Waals surface area contributed by atoms with Crippen molar-refractivity contribution >= 4 is 29.9 Å². The highest BCUT2D eigenvalue weighted by Gasteiger charge is 2.19. The number of halogens is 1. The van der Waals surface area contributed by atoms with Crippen LogP contribution in [-0.2, 0) is 6.54 Å². The quantitative estimate of drug-likeness (QED) is 0.443. The van der Waals surface area contributed by atoms with Gasteiger partial charge in [-0.15, -0.1) is 24.0 Å². The van der Waals surface area contributed by atoms with Crippen molar-refractivity contribution in [3.63, 3.8) is 0 Å². The largest absolute Gasteiger partial charge is 0.352 e. The second-order valence-electron chi connectivity index (χ2n) is 6.39. The maximum Gasteiger partial charge on any atom is 0.194 e. The molecule has 0 amide bonds. The second kappa shape index (κ2) is 10.5. The zero-order valence-corrected chi connectivity index (χ0v) is 17.2. The lowest BCUT2D eigenvalue weighted by molar-refractivity contribution is 0.164. The fraction of sp³-hybridized carbons (Fsp3) is 0.556. The van der Waals surface area contributed by atoms with Gasteiger partial charge in [0.05, 0.1) is 11.6 Å². The van der Waals surface area contributed by atoms with Crippen LogP contribution in [0, 0.1) is 17.2 Å². The summed E-state index contributed by atoms with van der Waals surface area (Å²) in [6.45, 7) is 10.6. The molecule has 6 heteroatoms. The van der Waals surface area contributed by atoms with Crippen molar-refractivity contribution in [3.05, 3.63) is 35.4 Å². The minimum absolute atomic E-state index is 0. The van der Waals surface area contributed by atoms with Gasteiger partial charge in [0, 0.05) is 46.3 Å². The van der Waals surface area contributed by atoms with Gasteiger partial charge < -0.3 is 10.2 Å². The Morgan fingerprint density at radius 1 is 1.29 bits per heavy atom. The van der Waals surface area contributed by atoms with Crippen LogP contribution in [0.2, 0.25) is 0 Å². The fourth-order valence-electron chi connectivity index (χ4n) is 2.92. The van der Waals surface area contributed by atoms with Gasteiger partial charge in [0.1, 0.15) is 0 Å². The van der Waals surface area contributed by atoms with Crippen LogP contribution in [0.5, 0.6) is 0 Å². The smallest absolute Gasteiger partial charge is 0.194 e. The lowest BCUT2D eigenvalue weighted by atomic mass is 10.1. The SMILES string of the molecule is CN=C(NCc1cccc(C#N)c1)N1CCN(CC(C)C)CC1.I. The van der Waals surface area contributed by atoms with Crippen molar-refractivity contribution in [2.24, 2.45) is 10.9 Å². The molecule has 5 nitrogen and oxygen atoms in total. The molecule has 0 aromatic heterocycles. The van der Waals surface area contributed by atoms with E-state index in [9.17, 15) is 0 Å². The second-order valence-corrected chi connectivity index (χ2v) is 6.39. The fourth-order valence-corrected chi connectivity index (χ4v) is 2.92. The molecule has 1 aromatic rings. The van der Waals surface area contributed by atoms with Gasteiger partial charge in [0.2, 0.25) is 0 Å². The van der Waals surface area contributed by atoms with Crippen molar-refractivity contribution in [1.82, 2.24) is 15.1 Å². The molecule has 0 spiro atoms. The molecular formula is C18H28IN5. The number of guanidine groups is 1. The normalized spacial score (nSPS) is 15.8. The lowest BCUT2D eigenvalue weighted by Crippen LogP contribution is -2.52. The Morgan fingerprint density at radius 2 is 2.00 bits per heavy atom. The van der Waals surface area contributed by atoms with Crippen LogP contribution in [0.25, 0.3) is 0 Å². The number of hydrogen-bond donors (Lipinski definition) is 1. The zero-order chi connectivity index (χ0) is 16.7. The Morgan fingerprint density at radius 3 is 2.58 bits per heavy atom. The van der Waals surface area contributed by atoms with Crippen LogP contribution in [-0.4, -0.2) is 55.5 Å². The molecule has 0 atom stereocenters. The zero-order valence-electron chi connectivity index (χ0n) is 14.8. The van der Waals surface area contributed by atoms with Crippen LogP contribution < -0.4 is 5.32 Å². The third-order valence-electron chi connectivity index (χ3n) is 4.01. The average molecular weight is 441 g/mol. The topological polar surface area (TPSA) is 54.7 Å². The van der Waals surface area contributed by atoms with Crippen LogP contribution >= 0.6 is 24.0 Å². The monoisotopic (exact) mass is 441 g/mol. The standard InChI is InChI=1S/C18H27N5.HI/c1-15(2)14-22-7-9-23(10-8-22)18(20-3)21-13-17-6-4-5-16(11-17)12-19;/h4-6,11,15H,7-10,13-14H2,1-3H3,(H,20,21);1H. The average Bonchev–Trinajstić information content (AvgIpc) is 2.56. The summed E-state index contributed by atoms with van der Waals surface area (Å²) in [6.07, 6.45) is 0. The Hall–Kier alpha value is -1.33. The van der Waals surface area contributed by atoms with Gasteiger partial charge in [-0.1, -0.05) is 26.0 Å². The number of hydrogen-bond acceptors (Lipinski definition) is 3. The van der Waals surface area contributed by atoms with Crippen LogP contribution in [0.3, 0.4) is 0 Å². The first-order valence-corrected chi connectivity index (χ1v) is 8.29. The molecule has 1 aliphatic heterocycles. The first-order valence-electron chi connectivity index (χ1n) is 8.29. The summed E-state index contributed by atoms with van der Waals surface area (Å²) in [6, 6.07) is 9.87. The Labute approximate surface area is 162 Å². The van der Waals surface area contributed by atoms with E-state index in [4.69, 9.17) is 5.26 Å². The van der Waals surface area contributed by atoms with Crippen LogP contribution in [0.15, 0.2) is 29.3 Å². The number of rotatable bonds is 4. The van der Waals surface area contributed by atoms with Gasteiger partial charge in [-0.05, 0) is 23.6 Å². The molecule has 1 aliphatic rings. The molecule has 0 bridgehead atoms. The Bertz CT molecular complexity index is 571. The molecule has 0 saturated carbocycles. The highest BCUT2D eigenvalue weighted by Crippen LogP contribution is 2.07. The van der Waals surface area contributed by atoms with E-state index in [-0.39, 0.29) is 24.0 Å². The highest BCUT2D eigenvalue weighted by atomic mass is 127. The molecular weight excluding hydrogens is 413 g/mol. The first kappa shape index (κ1) is 20.7. The van der Waals surface area contributed by atoms with Gasteiger partial charge >= 0.3 is 0 Å². The minimum atomic E-state index is 0. The number of nitrogens with zero attached hydrogens (tertiary/aromatic N) is 4. The predicted octanol–water partition coefficient (Wildman–Crippen LogP) is 2.53. The van der Waals surface area contributed by atoms with Crippen molar-refractivity contribution in [2.45, 2.75) is 20.4 Å². The molecule has 1 heterocycles. The molecule has 2 rings (SSSR count). The van der Waals surface area contributed by atoms with E-state index in [0.717, 1.165) is 37.7 Å². The van der Waals surface area contributed by atoms with Gasteiger partial charge in [-0.2, -0.15) is 5.26 Å². The van der Waals surface area contributed by atoms with Gasteiger partial charge in [0.25, 0.3) is 0 Å². The molecule has 1 fully saturated rings. The Kier molecular flexibility index (Phi) is 9.08. The summed E-state index contributed by atoms with van der Waals surface area (Å²) in [5, 5.41) is 12.4. The maximum atomic E-state index is 8.97. The van der Waals surface area contributed by atoms with Crippen molar-refractivity contribution in [2.75, 3.05) is 39.8 Å². The lowest BCUT2D eigenvalue weighted by Gasteiger charge is -2.37. The van der Waals surface area contributed by atoms with E-state index in [1.165, 1.54) is 6.54 Å². The molecule has 0 unspecified atom stereocenters. The number of aliphatic imine (C=N–C) groups is 1. The number of benzene rings is 1. The van der Waals surface area contributed by atoms with E-state index >= 15 is 0 Å². The van der Waals surface area contributed by atoms with Crippen molar-refractivity contribution in [3.8, 4) is 6.07 Å². The van der Waals surface area contributed by atoms with Crippen molar-refractivity contribution in [1.29, 1.82) is 5.26 Å². The summed E-state index contributed by atoms with van der Waals surface area (Å²) >= 11 is 0. The van der Waals surface area contributed by atoms with E-state index in [0.29, 0.717) is 18.0 Å². The van der Waals surface area contributed by atoms with E-state index < -0.39 is 0 Å². The molecule has 1 saturated heterocycles. The third kappa shape index (κ3) is 6.29. The molecule has 0 aliphatic carbocycles. The Balaban J connectivity index is 0.00000288. The van der Waals surface area contributed by atoms with Gasteiger partial charge in [0.15, 0.2) is 5.96 Å². The van der Waals surface area contributed by atoms with Gasteiger partial charge in [-0.25, -0.2) is 0 Å². The summed E-state index contributed by atoms with van der Waals surface area (Å²) in [4.78, 5) is 9.23. The van der Waals surface area contributed by atoms with Crippen molar-refractivity contribution < 1.29 is 0 Å². The third-order valence-corrected chi connectivity index (χ3v) is 4.01. The van der Waals surface area contributed by atoms with Crippen LogP contribution in [0.1, 0.15) is 25.0 Å². The number of nitrogens with one attached hydrogen (secondary N) is 1. The van der Waals surface area contributed by atoms with E-state index in [2.05, 4.69) is 40.0 Å². The van der Waals surface area contributed by atoms with Crippen LogP contribution in [0.4, 0.5) is 0 Å². The van der Waals surface area contributed by atoms with Gasteiger partial charge in [-0.3, -0.25) is 9.89 Å². The highest BCUT2D eigenvalue weighted by molar-refractivity contribution is 14.0. The molecule has 0 radical (unpaired) electrons. The molecule has 1 aromatic carbocycles. The molecule has 24 heavy (non-hydrogen) atoms. The van der Waals surface area contributed by atoms with E-state index in [1.54, 1.807) is 0 Å². The maximum absolute atomic E-state index is 8.97. The number of nitriles is 1. The molecule has 1 N–H and O–H groups in total. The summed E-state index contributed by atoms with van der Waals surface area (Å²) in [5.74, 6) is 1.66. The summed E-state index contributed by atoms with van der Waals surface area (Å²) in [7, 11) is 1.83. The first-order chi connectivity index (χ1) is 11.1. The predicted molar refractivity (Wildman–Crippen MR) is 110 cm³/mol. The molecule has 132 valence electrons. The van der Waals surface area contributed by atoms with E-state index in [1.807, 2.05) is 31.3 Å².